The first kappa shape index (κ1) is 10.4. The molecule has 0 N–H and O–H groups in total. The van der Waals surface area contributed by atoms with Gasteiger partial charge in [0.25, 0.3) is 0 Å². The maximum Gasteiger partial charge on any atom is 0.118 e. The van der Waals surface area contributed by atoms with Gasteiger partial charge in [0.05, 0.1) is 12.8 Å². The van der Waals surface area contributed by atoms with E-state index in [0.29, 0.717) is 0 Å². The molecule has 2 aromatic carbocycles. The predicted octanol–water partition coefficient (Wildman–Crippen LogP) is 3.25. The van der Waals surface area contributed by atoms with Gasteiger partial charge in [0.15, 0.2) is 0 Å². The maximum absolute atomic E-state index is 5.08. The fraction of sp³-hybridized carbons (Fsp3) is 0.0714. The quantitative estimate of drug-likeness (QED) is 0.712. The monoisotopic (exact) mass is 210 g/mol. The molecule has 79 valence electrons. The molecule has 0 aliphatic rings. The number of nitrogens with zero attached hydrogens (tertiary/aromatic N) is 1. The maximum atomic E-state index is 5.08. The third-order valence-corrected chi connectivity index (χ3v) is 2.18. The summed E-state index contributed by atoms with van der Waals surface area (Å²) in [6, 6.07) is 18.3. The lowest BCUT2D eigenvalue weighted by atomic mass is 10.2. The van der Waals surface area contributed by atoms with Crippen LogP contribution in [0.1, 0.15) is 5.56 Å². The lowest BCUT2D eigenvalue weighted by Crippen LogP contribution is -1.84. The van der Waals surface area contributed by atoms with Crippen LogP contribution in [-0.2, 0) is 0 Å². The molecule has 0 unspecified atom stereocenters. The zero-order chi connectivity index (χ0) is 11.2. The third-order valence-electron chi connectivity index (χ3n) is 2.18. The number of benzene rings is 2. The van der Waals surface area contributed by atoms with Crippen LogP contribution < -0.4 is 4.74 Å². The van der Waals surface area contributed by atoms with Gasteiger partial charge < -0.3 is 4.74 Å². The molecule has 16 heavy (non-hydrogen) atoms. The molecule has 1 radical (unpaired) electrons. The summed E-state index contributed by atoms with van der Waals surface area (Å²) in [5.74, 6) is 0.853. The first-order chi connectivity index (χ1) is 7.88. The van der Waals surface area contributed by atoms with Crippen LogP contribution in [0.4, 0.5) is 5.69 Å². The van der Waals surface area contributed by atoms with E-state index >= 15 is 0 Å². The Balaban J connectivity index is 2.12. The summed E-state index contributed by atoms with van der Waals surface area (Å²) in [5.41, 5.74) is 1.98. The smallest absolute Gasteiger partial charge is 0.118 e. The number of ether oxygens (including phenoxy) is 1. The largest absolute Gasteiger partial charge is 0.497 e. The Hall–Kier alpha value is -2.09. The highest BCUT2D eigenvalue weighted by Gasteiger charge is 1.90. The molecule has 0 saturated heterocycles. The number of hydrogen-bond donors (Lipinski definition) is 0. The van der Waals surface area contributed by atoms with Crippen LogP contribution in [0.5, 0.6) is 5.75 Å². The summed E-state index contributed by atoms with van der Waals surface area (Å²) in [5, 5.41) is 0. The Morgan fingerprint density at radius 3 is 2.38 bits per heavy atom. The molecule has 0 amide bonds. The second-order valence-corrected chi connectivity index (χ2v) is 3.29. The lowest BCUT2D eigenvalue weighted by Gasteiger charge is -1.98. The van der Waals surface area contributed by atoms with E-state index in [1.54, 1.807) is 7.11 Å². The molecule has 2 rings (SSSR count). The van der Waals surface area contributed by atoms with Crippen molar-refractivity contribution in [2.45, 2.75) is 0 Å². The minimum atomic E-state index is 0.853. The molecule has 0 fully saturated rings. The van der Waals surface area contributed by atoms with Gasteiger partial charge in [0, 0.05) is 6.21 Å². The highest BCUT2D eigenvalue weighted by atomic mass is 16.5. The highest BCUT2D eigenvalue weighted by molar-refractivity contribution is 5.82. The van der Waals surface area contributed by atoms with Gasteiger partial charge in [-0.15, -0.1) is 0 Å². The van der Waals surface area contributed by atoms with Crippen molar-refractivity contribution in [3.05, 3.63) is 60.2 Å². The van der Waals surface area contributed by atoms with E-state index in [0.717, 1.165) is 17.0 Å². The average molecular weight is 210 g/mol. The van der Waals surface area contributed by atoms with E-state index in [1.807, 2.05) is 54.7 Å². The third kappa shape index (κ3) is 2.70. The van der Waals surface area contributed by atoms with Gasteiger partial charge >= 0.3 is 0 Å². The predicted molar refractivity (Wildman–Crippen MR) is 65.5 cm³/mol. The van der Waals surface area contributed by atoms with Crippen LogP contribution in [0.25, 0.3) is 0 Å². The zero-order valence-electron chi connectivity index (χ0n) is 9.05. The van der Waals surface area contributed by atoms with Gasteiger partial charge in [-0.25, -0.2) is 0 Å². The van der Waals surface area contributed by atoms with Crippen LogP contribution in [0, 0.1) is 6.07 Å². The molecule has 0 aliphatic carbocycles. The SMILES string of the molecule is COc1ccc(/C=N/c2cc[c]cc2)cc1. The van der Waals surface area contributed by atoms with Crippen LogP contribution in [0.15, 0.2) is 53.5 Å². The van der Waals surface area contributed by atoms with E-state index in [1.165, 1.54) is 0 Å². The highest BCUT2D eigenvalue weighted by Crippen LogP contribution is 2.12. The number of methoxy groups -OCH3 is 1. The van der Waals surface area contributed by atoms with Gasteiger partial charge in [-0.1, -0.05) is 12.1 Å². The van der Waals surface area contributed by atoms with E-state index in [-0.39, 0.29) is 0 Å². The van der Waals surface area contributed by atoms with Crippen LogP contribution in [0.2, 0.25) is 0 Å². The summed E-state index contributed by atoms with van der Waals surface area (Å²) < 4.78 is 5.08. The van der Waals surface area contributed by atoms with Crippen molar-refractivity contribution >= 4 is 11.9 Å². The molecule has 0 aromatic heterocycles. The van der Waals surface area contributed by atoms with Crippen molar-refractivity contribution in [3.8, 4) is 5.75 Å². The Kier molecular flexibility index (Phi) is 3.34. The van der Waals surface area contributed by atoms with Crippen LogP contribution in [-0.4, -0.2) is 13.3 Å². The molecule has 0 atom stereocenters. The van der Waals surface area contributed by atoms with Crippen molar-refractivity contribution < 1.29 is 4.74 Å². The summed E-state index contributed by atoms with van der Waals surface area (Å²) >= 11 is 0. The fourth-order valence-corrected chi connectivity index (χ4v) is 1.30. The van der Waals surface area contributed by atoms with Gasteiger partial charge in [0.1, 0.15) is 5.75 Å². The van der Waals surface area contributed by atoms with Gasteiger partial charge in [-0.2, -0.15) is 0 Å². The second-order valence-electron chi connectivity index (χ2n) is 3.29. The zero-order valence-corrected chi connectivity index (χ0v) is 9.05. The Morgan fingerprint density at radius 2 is 1.75 bits per heavy atom. The summed E-state index contributed by atoms with van der Waals surface area (Å²) in [6.45, 7) is 0. The molecule has 2 aromatic rings. The van der Waals surface area contributed by atoms with Crippen LogP contribution >= 0.6 is 0 Å². The summed E-state index contributed by atoms with van der Waals surface area (Å²) in [7, 11) is 1.66. The van der Waals surface area contributed by atoms with E-state index in [4.69, 9.17) is 4.74 Å². The molecule has 2 nitrogen and oxygen atoms in total. The van der Waals surface area contributed by atoms with Crippen molar-refractivity contribution in [1.82, 2.24) is 0 Å². The van der Waals surface area contributed by atoms with E-state index < -0.39 is 0 Å². The number of rotatable bonds is 3. The Morgan fingerprint density at radius 1 is 1.06 bits per heavy atom. The molecule has 2 heteroatoms. The van der Waals surface area contributed by atoms with Crippen molar-refractivity contribution in [3.63, 3.8) is 0 Å². The topological polar surface area (TPSA) is 21.6 Å². The standard InChI is InChI=1S/C14H12NO/c1-16-14-9-7-12(8-10-14)11-15-13-5-3-2-4-6-13/h3-11H,1H3/b15-11+. The second kappa shape index (κ2) is 5.12. The van der Waals surface area contributed by atoms with Crippen molar-refractivity contribution in [2.24, 2.45) is 4.99 Å². The molecule has 0 spiro atoms. The Bertz CT molecular complexity index is 460. The molecule has 0 saturated carbocycles. The molecule has 0 bridgehead atoms. The number of hydrogen-bond acceptors (Lipinski definition) is 2. The van der Waals surface area contributed by atoms with Crippen molar-refractivity contribution in [1.29, 1.82) is 0 Å². The molecular weight excluding hydrogens is 198 g/mol. The van der Waals surface area contributed by atoms with Gasteiger partial charge in [0.2, 0.25) is 0 Å². The van der Waals surface area contributed by atoms with Crippen molar-refractivity contribution in [2.75, 3.05) is 7.11 Å². The van der Waals surface area contributed by atoms with Gasteiger partial charge in [-0.05, 0) is 48.0 Å². The normalized spacial score (nSPS) is 10.6. The van der Waals surface area contributed by atoms with Crippen LogP contribution in [0.3, 0.4) is 0 Å². The minimum Gasteiger partial charge on any atom is -0.497 e. The lowest BCUT2D eigenvalue weighted by molar-refractivity contribution is 0.415. The minimum absolute atomic E-state index is 0.853. The fourth-order valence-electron chi connectivity index (χ4n) is 1.30. The number of aliphatic imine (C=N–C) groups is 1. The molecule has 0 aliphatic heterocycles. The first-order valence-electron chi connectivity index (χ1n) is 5.03. The van der Waals surface area contributed by atoms with Gasteiger partial charge in [-0.3, -0.25) is 4.99 Å². The molecule has 0 heterocycles. The molecular formula is C14H12NO. The van der Waals surface area contributed by atoms with E-state index in [2.05, 4.69) is 11.1 Å². The first-order valence-corrected chi connectivity index (χ1v) is 5.03. The summed E-state index contributed by atoms with van der Waals surface area (Å²) in [6.07, 6.45) is 1.83. The Labute approximate surface area is 95.2 Å². The van der Waals surface area contributed by atoms with E-state index in [9.17, 15) is 0 Å². The summed E-state index contributed by atoms with van der Waals surface area (Å²) in [4.78, 5) is 4.35. The average Bonchev–Trinajstić information content (AvgIpc) is 2.38.